The van der Waals surface area contributed by atoms with Crippen molar-refractivity contribution in [3.63, 3.8) is 0 Å². The summed E-state index contributed by atoms with van der Waals surface area (Å²) in [5.74, 6) is 2.17. The van der Waals surface area contributed by atoms with Gasteiger partial charge in [0.25, 0.3) is 6.43 Å². The number of nitrogens with one attached hydrogen (secondary N) is 2. The molecule has 0 amide bonds. The first-order valence-electron chi connectivity index (χ1n) is 10.6. The van der Waals surface area contributed by atoms with Crippen LogP contribution in [0.5, 0.6) is 11.5 Å². The molecule has 0 radical (unpaired) electrons. The topological polar surface area (TPSA) is 58.1 Å². The molecule has 1 fully saturated rings. The number of alkyl halides is 2. The number of rotatable bonds is 9. The highest BCUT2D eigenvalue weighted by Crippen LogP contribution is 2.33. The third kappa shape index (κ3) is 7.00. The van der Waals surface area contributed by atoms with Gasteiger partial charge in [-0.15, -0.1) is 0 Å². The Kier molecular flexibility index (Phi) is 9.14. The molecule has 0 aromatic heterocycles. The number of aliphatic imine (C=N–C) groups is 1. The molecule has 1 aromatic rings. The molecule has 0 bridgehead atoms. The smallest absolute Gasteiger partial charge is 0.251 e. The number of hydrogen-bond donors (Lipinski definition) is 2. The average Bonchev–Trinajstić information content (AvgIpc) is 2.72. The molecule has 0 spiro atoms. The van der Waals surface area contributed by atoms with E-state index in [1.165, 1.54) is 0 Å². The second-order valence-corrected chi connectivity index (χ2v) is 8.26. The Balaban J connectivity index is 2.01. The number of nitrogens with zero attached hydrogens (tertiary/aromatic N) is 2. The second kappa shape index (κ2) is 11.3. The lowest BCUT2D eigenvalue weighted by molar-refractivity contribution is 0.0744. The van der Waals surface area contributed by atoms with Gasteiger partial charge in [0.1, 0.15) is 0 Å². The van der Waals surface area contributed by atoms with Crippen molar-refractivity contribution in [1.82, 2.24) is 15.5 Å². The Labute approximate surface area is 179 Å². The maximum atomic E-state index is 12.6. The minimum absolute atomic E-state index is 0.139. The molecule has 0 unspecified atom stereocenters. The Morgan fingerprint density at radius 3 is 2.43 bits per heavy atom. The predicted molar refractivity (Wildman–Crippen MR) is 117 cm³/mol. The van der Waals surface area contributed by atoms with Gasteiger partial charge < -0.3 is 20.1 Å². The highest BCUT2D eigenvalue weighted by molar-refractivity contribution is 5.80. The van der Waals surface area contributed by atoms with Crippen molar-refractivity contribution < 1.29 is 18.3 Å². The van der Waals surface area contributed by atoms with Gasteiger partial charge in [-0.25, -0.2) is 8.78 Å². The fourth-order valence-corrected chi connectivity index (χ4v) is 3.59. The molecule has 2 rings (SSSR count). The third-order valence-electron chi connectivity index (χ3n) is 5.47. The van der Waals surface area contributed by atoms with Gasteiger partial charge in [-0.2, -0.15) is 0 Å². The number of likely N-dealkylation sites (tertiary alicyclic amines) is 1. The first-order valence-corrected chi connectivity index (χ1v) is 10.6. The maximum Gasteiger partial charge on any atom is 0.251 e. The van der Waals surface area contributed by atoms with Crippen LogP contribution in [0.2, 0.25) is 0 Å². The maximum absolute atomic E-state index is 12.6. The van der Waals surface area contributed by atoms with E-state index in [1.54, 1.807) is 14.2 Å². The quantitative estimate of drug-likeness (QED) is 0.469. The summed E-state index contributed by atoms with van der Waals surface area (Å²) in [4.78, 5) is 6.64. The molecule has 0 aliphatic carbocycles. The minimum atomic E-state index is -2.27. The number of methoxy groups -OCH3 is 2. The van der Waals surface area contributed by atoms with E-state index in [-0.39, 0.29) is 18.0 Å². The summed E-state index contributed by atoms with van der Waals surface area (Å²) in [6.45, 7) is 8.88. The summed E-state index contributed by atoms with van der Waals surface area (Å²) in [6.07, 6.45) is -0.612. The molecular formula is C22H36F2N4O2. The van der Waals surface area contributed by atoms with Gasteiger partial charge in [0.2, 0.25) is 0 Å². The van der Waals surface area contributed by atoms with Crippen LogP contribution in [0.25, 0.3) is 0 Å². The van der Waals surface area contributed by atoms with Crippen molar-refractivity contribution in [3.8, 4) is 11.5 Å². The molecule has 6 nitrogen and oxygen atoms in total. The lowest BCUT2D eigenvalue weighted by Crippen LogP contribution is -2.49. The monoisotopic (exact) mass is 426 g/mol. The minimum Gasteiger partial charge on any atom is -0.493 e. The average molecular weight is 427 g/mol. The van der Waals surface area contributed by atoms with Gasteiger partial charge >= 0.3 is 0 Å². The standard InChI is InChI=1S/C22H36F2N4O2/c1-6-25-21(27-17-9-11-28(12-10-17)14-20(23)24)26-15-22(2,3)16-7-8-18(29-4)19(13-16)30-5/h7-8,13,17,20H,6,9-12,14-15H2,1-5H3,(H2,25,26,27). The molecule has 170 valence electrons. The molecule has 1 aliphatic rings. The van der Waals surface area contributed by atoms with Gasteiger partial charge in [0, 0.05) is 31.1 Å². The first-order chi connectivity index (χ1) is 14.3. The lowest BCUT2D eigenvalue weighted by atomic mass is 9.84. The number of halogens is 2. The fourth-order valence-electron chi connectivity index (χ4n) is 3.59. The van der Waals surface area contributed by atoms with Crippen molar-refractivity contribution in [2.45, 2.75) is 51.5 Å². The van der Waals surface area contributed by atoms with Gasteiger partial charge in [-0.1, -0.05) is 19.9 Å². The summed E-state index contributed by atoms with van der Waals surface area (Å²) in [7, 11) is 3.26. The van der Waals surface area contributed by atoms with Gasteiger partial charge in [-0.3, -0.25) is 9.89 Å². The van der Waals surface area contributed by atoms with Crippen LogP contribution in [0.15, 0.2) is 23.2 Å². The molecule has 8 heteroatoms. The fraction of sp³-hybridized carbons (Fsp3) is 0.682. The van der Waals surface area contributed by atoms with Crippen molar-refractivity contribution in [2.75, 3.05) is 46.9 Å². The Morgan fingerprint density at radius 1 is 1.20 bits per heavy atom. The number of hydrogen-bond acceptors (Lipinski definition) is 4. The number of guanidine groups is 1. The molecule has 1 aliphatic heterocycles. The van der Waals surface area contributed by atoms with Crippen LogP contribution in [0, 0.1) is 0 Å². The van der Waals surface area contributed by atoms with Gasteiger partial charge in [0.05, 0.1) is 27.3 Å². The molecule has 0 saturated carbocycles. The second-order valence-electron chi connectivity index (χ2n) is 8.26. The van der Waals surface area contributed by atoms with Crippen molar-refractivity contribution >= 4 is 5.96 Å². The zero-order valence-corrected chi connectivity index (χ0v) is 18.8. The SMILES string of the molecule is CCNC(=NCC(C)(C)c1ccc(OC)c(OC)c1)NC1CCN(CC(F)F)CC1. The van der Waals surface area contributed by atoms with E-state index >= 15 is 0 Å². The van der Waals surface area contributed by atoms with Crippen LogP contribution in [-0.2, 0) is 5.41 Å². The number of piperidine rings is 1. The Bertz CT molecular complexity index is 690. The zero-order valence-electron chi connectivity index (χ0n) is 18.8. The van der Waals surface area contributed by atoms with Crippen LogP contribution in [0.1, 0.15) is 39.2 Å². The predicted octanol–water partition coefficient (Wildman–Crippen LogP) is 3.27. The molecule has 1 aromatic carbocycles. The van der Waals surface area contributed by atoms with Gasteiger partial charge in [-0.05, 0) is 37.5 Å². The van der Waals surface area contributed by atoms with E-state index in [2.05, 4.69) is 24.5 Å². The summed E-state index contributed by atoms with van der Waals surface area (Å²) in [5, 5.41) is 6.77. The molecule has 0 atom stereocenters. The highest BCUT2D eigenvalue weighted by atomic mass is 19.3. The summed E-state index contributed by atoms with van der Waals surface area (Å²) >= 11 is 0. The largest absolute Gasteiger partial charge is 0.493 e. The van der Waals surface area contributed by atoms with Crippen LogP contribution in [-0.4, -0.2) is 70.3 Å². The van der Waals surface area contributed by atoms with E-state index < -0.39 is 6.43 Å². The molecule has 1 heterocycles. The number of benzene rings is 1. The Morgan fingerprint density at radius 2 is 1.87 bits per heavy atom. The van der Waals surface area contributed by atoms with Crippen molar-refractivity contribution in [2.24, 2.45) is 4.99 Å². The van der Waals surface area contributed by atoms with Crippen LogP contribution in [0.3, 0.4) is 0 Å². The van der Waals surface area contributed by atoms with E-state index in [0.717, 1.165) is 30.9 Å². The van der Waals surface area contributed by atoms with E-state index in [0.29, 0.717) is 31.1 Å². The van der Waals surface area contributed by atoms with Crippen LogP contribution >= 0.6 is 0 Å². The van der Waals surface area contributed by atoms with Crippen LogP contribution in [0.4, 0.5) is 8.78 Å². The molecule has 1 saturated heterocycles. The normalized spacial score (nSPS) is 16.6. The first kappa shape index (κ1) is 24.2. The zero-order chi connectivity index (χ0) is 22.1. The summed E-state index contributed by atoms with van der Waals surface area (Å²) in [5.41, 5.74) is 0.905. The van der Waals surface area contributed by atoms with Crippen molar-refractivity contribution in [3.05, 3.63) is 23.8 Å². The Hall–Kier alpha value is -2.09. The highest BCUT2D eigenvalue weighted by Gasteiger charge is 2.24. The lowest BCUT2D eigenvalue weighted by Gasteiger charge is -2.33. The molecule has 30 heavy (non-hydrogen) atoms. The molecular weight excluding hydrogens is 390 g/mol. The summed E-state index contributed by atoms with van der Waals surface area (Å²) in [6, 6.07) is 6.18. The van der Waals surface area contributed by atoms with E-state index in [4.69, 9.17) is 14.5 Å². The number of ether oxygens (including phenoxy) is 2. The van der Waals surface area contributed by atoms with E-state index in [9.17, 15) is 8.78 Å². The molecule has 2 N–H and O–H groups in total. The van der Waals surface area contributed by atoms with Crippen LogP contribution < -0.4 is 20.1 Å². The van der Waals surface area contributed by atoms with E-state index in [1.807, 2.05) is 30.0 Å². The van der Waals surface area contributed by atoms with Crippen molar-refractivity contribution in [1.29, 1.82) is 0 Å². The van der Waals surface area contributed by atoms with Gasteiger partial charge in [0.15, 0.2) is 17.5 Å². The third-order valence-corrected chi connectivity index (χ3v) is 5.47. The summed E-state index contributed by atoms with van der Waals surface area (Å²) < 4.78 is 35.9.